The summed E-state index contributed by atoms with van der Waals surface area (Å²) in [5, 5.41) is 9.84. The van der Waals surface area contributed by atoms with Crippen molar-refractivity contribution in [2.75, 3.05) is 19.7 Å². The monoisotopic (exact) mass is 199 g/mol. The zero-order valence-electron chi connectivity index (χ0n) is 8.98. The largest absolute Gasteiger partial charge is 0.391 e. The van der Waals surface area contributed by atoms with Gasteiger partial charge in [0.05, 0.1) is 12.2 Å². The number of aliphatic hydroxyl groups excluding tert-OH is 1. The first-order valence-corrected chi connectivity index (χ1v) is 5.81. The Morgan fingerprint density at radius 2 is 2.14 bits per heavy atom. The first kappa shape index (κ1) is 10.4. The Hall–Kier alpha value is -0.120. The molecule has 1 saturated carbocycles. The summed E-state index contributed by atoms with van der Waals surface area (Å²) in [6.45, 7) is 5.08. The van der Waals surface area contributed by atoms with Gasteiger partial charge in [0.25, 0.3) is 0 Å². The van der Waals surface area contributed by atoms with E-state index in [1.165, 1.54) is 6.42 Å². The summed E-state index contributed by atoms with van der Waals surface area (Å²) in [5.41, 5.74) is 0. The van der Waals surface area contributed by atoms with Gasteiger partial charge in [-0.2, -0.15) is 0 Å². The molecular weight excluding hydrogens is 178 g/mol. The Morgan fingerprint density at radius 3 is 2.86 bits per heavy atom. The van der Waals surface area contributed by atoms with E-state index in [0.717, 1.165) is 39.0 Å². The molecule has 1 saturated heterocycles. The van der Waals surface area contributed by atoms with E-state index >= 15 is 0 Å². The van der Waals surface area contributed by atoms with Crippen LogP contribution in [0.15, 0.2) is 0 Å². The van der Waals surface area contributed by atoms with Gasteiger partial charge in [-0.15, -0.1) is 0 Å². The second-order valence-corrected chi connectivity index (χ2v) is 4.60. The highest BCUT2D eigenvalue weighted by atomic mass is 16.5. The van der Waals surface area contributed by atoms with Crippen LogP contribution in [0.25, 0.3) is 0 Å². The molecule has 1 heterocycles. The first-order chi connectivity index (χ1) is 6.77. The van der Waals surface area contributed by atoms with E-state index in [1.807, 2.05) is 0 Å². The highest BCUT2D eigenvalue weighted by Crippen LogP contribution is 2.25. The molecule has 3 heteroatoms. The van der Waals surface area contributed by atoms with Crippen LogP contribution in [0.4, 0.5) is 0 Å². The van der Waals surface area contributed by atoms with Crippen LogP contribution in [0.1, 0.15) is 32.6 Å². The predicted octanol–water partition coefficient (Wildman–Crippen LogP) is 1.01. The molecule has 1 N–H and O–H groups in total. The van der Waals surface area contributed by atoms with Gasteiger partial charge < -0.3 is 9.84 Å². The third-order valence-electron chi connectivity index (χ3n) is 3.40. The molecule has 0 aromatic heterocycles. The molecule has 3 nitrogen and oxygen atoms in total. The maximum atomic E-state index is 9.84. The first-order valence-electron chi connectivity index (χ1n) is 5.81. The van der Waals surface area contributed by atoms with E-state index in [-0.39, 0.29) is 6.10 Å². The Morgan fingerprint density at radius 1 is 1.29 bits per heavy atom. The van der Waals surface area contributed by atoms with Gasteiger partial charge in [-0.05, 0) is 32.6 Å². The van der Waals surface area contributed by atoms with Crippen molar-refractivity contribution in [1.82, 2.24) is 4.90 Å². The van der Waals surface area contributed by atoms with Gasteiger partial charge in [-0.25, -0.2) is 0 Å². The second kappa shape index (κ2) is 4.60. The number of ether oxygens (including phenoxy) is 1. The molecule has 2 aliphatic rings. The van der Waals surface area contributed by atoms with Gasteiger partial charge in [0.15, 0.2) is 0 Å². The molecule has 0 radical (unpaired) electrons. The van der Waals surface area contributed by atoms with Crippen LogP contribution < -0.4 is 0 Å². The Kier molecular flexibility index (Phi) is 3.42. The van der Waals surface area contributed by atoms with Crippen molar-refractivity contribution in [3.8, 4) is 0 Å². The minimum atomic E-state index is -0.0969. The summed E-state index contributed by atoms with van der Waals surface area (Å²) >= 11 is 0. The van der Waals surface area contributed by atoms with Crippen LogP contribution in [-0.4, -0.2) is 48.0 Å². The fourth-order valence-electron chi connectivity index (χ4n) is 2.67. The summed E-state index contributed by atoms with van der Waals surface area (Å²) in [4.78, 5) is 2.43. The molecule has 1 aliphatic heterocycles. The van der Waals surface area contributed by atoms with E-state index in [0.29, 0.717) is 12.1 Å². The Balaban J connectivity index is 1.94. The summed E-state index contributed by atoms with van der Waals surface area (Å²) in [7, 11) is 0. The zero-order chi connectivity index (χ0) is 9.97. The maximum Gasteiger partial charge on any atom is 0.0695 e. The lowest BCUT2D eigenvalue weighted by atomic mass is 10.1. The van der Waals surface area contributed by atoms with Crippen LogP contribution >= 0.6 is 0 Å². The number of rotatable bonds is 1. The SMILES string of the molecule is CC1CN([C@@H]2CCC[C@H]2O)CCCO1. The third kappa shape index (κ3) is 2.27. The average molecular weight is 199 g/mol. The zero-order valence-corrected chi connectivity index (χ0v) is 8.98. The molecule has 0 aromatic rings. The average Bonchev–Trinajstić information content (AvgIpc) is 2.45. The molecule has 2 rings (SSSR count). The molecule has 0 aromatic carbocycles. The maximum absolute atomic E-state index is 9.84. The van der Waals surface area contributed by atoms with Crippen LogP contribution in [0.3, 0.4) is 0 Å². The van der Waals surface area contributed by atoms with Crippen LogP contribution in [-0.2, 0) is 4.74 Å². The van der Waals surface area contributed by atoms with Crippen molar-refractivity contribution in [3.63, 3.8) is 0 Å². The highest BCUT2D eigenvalue weighted by molar-refractivity contribution is 4.86. The van der Waals surface area contributed by atoms with E-state index in [2.05, 4.69) is 11.8 Å². The summed E-state index contributed by atoms with van der Waals surface area (Å²) in [6, 6.07) is 0.402. The number of aliphatic hydroxyl groups is 1. The summed E-state index contributed by atoms with van der Waals surface area (Å²) in [5.74, 6) is 0. The molecule has 82 valence electrons. The molecule has 1 unspecified atom stereocenters. The normalized spacial score (nSPS) is 41.1. The second-order valence-electron chi connectivity index (χ2n) is 4.60. The summed E-state index contributed by atoms with van der Waals surface area (Å²) < 4.78 is 5.60. The molecule has 2 fully saturated rings. The van der Waals surface area contributed by atoms with Crippen molar-refractivity contribution < 1.29 is 9.84 Å². The molecule has 3 atom stereocenters. The number of nitrogens with zero attached hydrogens (tertiary/aromatic N) is 1. The van der Waals surface area contributed by atoms with Gasteiger partial charge in [-0.1, -0.05) is 0 Å². The molecule has 0 spiro atoms. The third-order valence-corrected chi connectivity index (χ3v) is 3.40. The van der Waals surface area contributed by atoms with E-state index in [9.17, 15) is 5.11 Å². The van der Waals surface area contributed by atoms with Crippen molar-refractivity contribution in [2.45, 2.75) is 50.9 Å². The van der Waals surface area contributed by atoms with Gasteiger partial charge in [0.2, 0.25) is 0 Å². The molecule has 1 aliphatic carbocycles. The van der Waals surface area contributed by atoms with E-state index in [1.54, 1.807) is 0 Å². The van der Waals surface area contributed by atoms with Gasteiger partial charge >= 0.3 is 0 Å². The van der Waals surface area contributed by atoms with Crippen molar-refractivity contribution in [2.24, 2.45) is 0 Å². The van der Waals surface area contributed by atoms with E-state index in [4.69, 9.17) is 4.74 Å². The van der Waals surface area contributed by atoms with Gasteiger partial charge in [0.1, 0.15) is 0 Å². The number of hydrogen-bond acceptors (Lipinski definition) is 3. The van der Waals surface area contributed by atoms with Crippen LogP contribution in [0, 0.1) is 0 Å². The quantitative estimate of drug-likeness (QED) is 0.684. The van der Waals surface area contributed by atoms with Gasteiger partial charge in [-0.3, -0.25) is 4.90 Å². The molecule has 14 heavy (non-hydrogen) atoms. The topological polar surface area (TPSA) is 32.7 Å². The molecular formula is C11H21NO2. The van der Waals surface area contributed by atoms with E-state index < -0.39 is 0 Å². The minimum Gasteiger partial charge on any atom is -0.391 e. The fraction of sp³-hybridized carbons (Fsp3) is 1.00. The van der Waals surface area contributed by atoms with Crippen LogP contribution in [0.2, 0.25) is 0 Å². The smallest absolute Gasteiger partial charge is 0.0695 e. The Bertz CT molecular complexity index is 186. The Labute approximate surface area is 86.0 Å². The van der Waals surface area contributed by atoms with Crippen LogP contribution in [0.5, 0.6) is 0 Å². The lowest BCUT2D eigenvalue weighted by Crippen LogP contribution is -2.43. The standard InChI is InChI=1S/C11H21NO2/c1-9-8-12(6-3-7-14-9)10-4-2-5-11(10)13/h9-11,13H,2-8H2,1H3/t9?,10-,11-/m1/s1. The van der Waals surface area contributed by atoms with Crippen molar-refractivity contribution in [1.29, 1.82) is 0 Å². The molecule has 0 amide bonds. The summed E-state index contributed by atoms with van der Waals surface area (Å²) in [6.07, 6.45) is 4.65. The molecule has 0 bridgehead atoms. The highest BCUT2D eigenvalue weighted by Gasteiger charge is 2.31. The number of hydrogen-bond donors (Lipinski definition) is 1. The lowest BCUT2D eigenvalue weighted by molar-refractivity contribution is 0.0369. The lowest BCUT2D eigenvalue weighted by Gasteiger charge is -2.30. The van der Waals surface area contributed by atoms with Gasteiger partial charge in [0, 0.05) is 25.7 Å². The minimum absolute atomic E-state index is 0.0969. The van der Waals surface area contributed by atoms with Crippen molar-refractivity contribution in [3.05, 3.63) is 0 Å². The fourth-order valence-corrected chi connectivity index (χ4v) is 2.67. The van der Waals surface area contributed by atoms with Crippen molar-refractivity contribution >= 4 is 0 Å². The predicted molar refractivity (Wildman–Crippen MR) is 55.2 cm³/mol.